The number of carbonyl (C=O) groups excluding carboxylic acids is 2. The molecule has 0 aliphatic heterocycles. The van der Waals surface area contributed by atoms with Crippen molar-refractivity contribution >= 4 is 11.9 Å². The number of unbranched alkanes of at least 4 members (excludes halogenated alkanes) is 2. The van der Waals surface area contributed by atoms with Gasteiger partial charge in [0.25, 0.3) is 0 Å². The Bertz CT molecular complexity index is 592. The second-order valence-electron chi connectivity index (χ2n) is 5.34. The van der Waals surface area contributed by atoms with E-state index in [0.29, 0.717) is 12.8 Å². The van der Waals surface area contributed by atoms with E-state index in [1.807, 2.05) is 0 Å². The summed E-state index contributed by atoms with van der Waals surface area (Å²) in [5.74, 6) is -1.43. The van der Waals surface area contributed by atoms with Gasteiger partial charge in [0.1, 0.15) is 0 Å². The van der Waals surface area contributed by atoms with E-state index < -0.39 is 21.8 Å². The topological polar surface area (TPSA) is 139 Å². The normalized spacial score (nSPS) is 10.2. The fourth-order valence-electron chi connectivity index (χ4n) is 2.01. The van der Waals surface area contributed by atoms with Gasteiger partial charge in [-0.1, -0.05) is 12.1 Å². The Balaban J connectivity index is 2.49. The summed E-state index contributed by atoms with van der Waals surface area (Å²) < 4.78 is 10.1. The van der Waals surface area contributed by atoms with Gasteiger partial charge in [0.2, 0.25) is 13.1 Å². The fraction of sp³-hybridized carbons (Fsp3) is 0.500. The average molecular weight is 368 g/mol. The molecular weight excluding hydrogens is 348 g/mol. The molecule has 0 saturated heterocycles. The molecule has 10 heteroatoms. The maximum absolute atomic E-state index is 12.1. The largest absolute Gasteiger partial charge is 0.462 e. The summed E-state index contributed by atoms with van der Waals surface area (Å²) in [6.07, 6.45) is 1.26. The van der Waals surface area contributed by atoms with Crippen molar-refractivity contribution in [2.24, 2.45) is 0 Å². The Morgan fingerprint density at radius 2 is 1.15 bits per heavy atom. The Morgan fingerprint density at radius 1 is 0.769 bits per heavy atom. The zero-order valence-electron chi connectivity index (χ0n) is 14.1. The van der Waals surface area contributed by atoms with Crippen LogP contribution in [0.4, 0.5) is 0 Å². The summed E-state index contributed by atoms with van der Waals surface area (Å²) in [7, 11) is 0. The number of esters is 2. The molecule has 0 bridgehead atoms. The van der Waals surface area contributed by atoms with Gasteiger partial charge in [0.05, 0.1) is 24.3 Å². The Morgan fingerprint density at radius 3 is 1.50 bits per heavy atom. The van der Waals surface area contributed by atoms with Crippen molar-refractivity contribution in [1.29, 1.82) is 0 Å². The molecule has 0 N–H and O–H groups in total. The zero-order chi connectivity index (χ0) is 19.4. The van der Waals surface area contributed by atoms with Crippen molar-refractivity contribution in [2.45, 2.75) is 25.7 Å². The molecule has 0 aliphatic carbocycles. The molecule has 0 amide bonds. The highest BCUT2D eigenvalue weighted by Crippen LogP contribution is 2.13. The van der Waals surface area contributed by atoms with Crippen LogP contribution < -0.4 is 0 Å². The second kappa shape index (κ2) is 11.5. The van der Waals surface area contributed by atoms with Crippen LogP contribution in [0.1, 0.15) is 46.4 Å². The third-order valence-corrected chi connectivity index (χ3v) is 3.30. The highest BCUT2D eigenvalue weighted by atomic mass is 16.6. The van der Waals surface area contributed by atoms with Crippen molar-refractivity contribution in [3.05, 3.63) is 55.6 Å². The number of nitrogens with zero attached hydrogens (tertiary/aromatic N) is 2. The second-order valence-corrected chi connectivity index (χ2v) is 5.34. The summed E-state index contributed by atoms with van der Waals surface area (Å²) in [4.78, 5) is 43.7. The number of nitro groups is 2. The van der Waals surface area contributed by atoms with E-state index >= 15 is 0 Å². The van der Waals surface area contributed by atoms with Crippen molar-refractivity contribution < 1.29 is 28.9 Å². The molecule has 1 aromatic carbocycles. The number of rotatable bonds is 12. The Hall–Kier alpha value is -3.04. The van der Waals surface area contributed by atoms with Crippen LogP contribution in [0.2, 0.25) is 0 Å². The molecule has 0 aliphatic rings. The highest BCUT2D eigenvalue weighted by Gasteiger charge is 2.19. The van der Waals surface area contributed by atoms with E-state index in [2.05, 4.69) is 0 Å². The van der Waals surface area contributed by atoms with Gasteiger partial charge in [-0.15, -0.1) is 0 Å². The van der Waals surface area contributed by atoms with Gasteiger partial charge < -0.3 is 9.47 Å². The molecule has 1 rings (SSSR count). The Kier molecular flexibility index (Phi) is 9.29. The molecule has 142 valence electrons. The third-order valence-electron chi connectivity index (χ3n) is 3.30. The van der Waals surface area contributed by atoms with Crippen LogP contribution >= 0.6 is 0 Å². The first kappa shape index (κ1) is 21.0. The smallest absolute Gasteiger partial charge is 0.339 e. The van der Waals surface area contributed by atoms with Crippen LogP contribution in [0.25, 0.3) is 0 Å². The standard InChI is InChI=1S/C16H20N2O8/c19-15(25-11-5-3-9-17(21)22)13-7-1-2-8-14(13)16(20)26-12-6-4-10-18(23)24/h1-2,7-8H,3-6,9-12H2. The maximum atomic E-state index is 12.1. The summed E-state index contributed by atoms with van der Waals surface area (Å²) >= 11 is 0. The molecule has 0 spiro atoms. The number of ether oxygens (including phenoxy) is 2. The lowest BCUT2D eigenvalue weighted by Gasteiger charge is -2.09. The molecule has 0 aromatic heterocycles. The van der Waals surface area contributed by atoms with Gasteiger partial charge in [-0.2, -0.15) is 0 Å². The van der Waals surface area contributed by atoms with Gasteiger partial charge in [0, 0.05) is 22.7 Å². The lowest BCUT2D eigenvalue weighted by Crippen LogP contribution is -2.15. The molecule has 0 heterocycles. The van der Waals surface area contributed by atoms with Crippen molar-refractivity contribution in [3.8, 4) is 0 Å². The van der Waals surface area contributed by atoms with E-state index in [-0.39, 0.29) is 50.3 Å². The average Bonchev–Trinajstić information content (AvgIpc) is 2.60. The molecule has 0 saturated carbocycles. The monoisotopic (exact) mass is 368 g/mol. The summed E-state index contributed by atoms with van der Waals surface area (Å²) in [6, 6.07) is 5.97. The lowest BCUT2D eigenvalue weighted by atomic mass is 10.1. The molecule has 0 unspecified atom stereocenters. The minimum absolute atomic E-state index is 0.0109. The highest BCUT2D eigenvalue weighted by molar-refractivity contribution is 6.03. The van der Waals surface area contributed by atoms with Gasteiger partial charge in [0.15, 0.2) is 0 Å². The zero-order valence-corrected chi connectivity index (χ0v) is 14.1. The summed E-state index contributed by atoms with van der Waals surface area (Å²) in [5, 5.41) is 20.4. The molecule has 0 atom stereocenters. The number of hydrogen-bond donors (Lipinski definition) is 0. The van der Waals surface area contributed by atoms with Crippen LogP contribution in [-0.4, -0.2) is 48.1 Å². The maximum Gasteiger partial charge on any atom is 0.339 e. The third kappa shape index (κ3) is 8.18. The van der Waals surface area contributed by atoms with Crippen molar-refractivity contribution in [1.82, 2.24) is 0 Å². The fourth-order valence-corrected chi connectivity index (χ4v) is 2.01. The van der Waals surface area contributed by atoms with E-state index in [1.54, 1.807) is 12.1 Å². The van der Waals surface area contributed by atoms with E-state index in [1.165, 1.54) is 12.1 Å². The molecule has 0 radical (unpaired) electrons. The molecule has 0 fully saturated rings. The van der Waals surface area contributed by atoms with E-state index in [0.717, 1.165) is 0 Å². The number of benzene rings is 1. The SMILES string of the molecule is O=C(OCCCC[N+](=O)[O-])c1ccccc1C(=O)OCCCC[N+](=O)[O-]. The first-order valence-corrected chi connectivity index (χ1v) is 8.08. The quantitative estimate of drug-likeness (QED) is 0.236. The number of hydrogen-bond acceptors (Lipinski definition) is 8. The lowest BCUT2D eigenvalue weighted by molar-refractivity contribution is -0.480. The van der Waals surface area contributed by atoms with Crippen molar-refractivity contribution in [3.63, 3.8) is 0 Å². The van der Waals surface area contributed by atoms with Crippen LogP contribution in [0.5, 0.6) is 0 Å². The van der Waals surface area contributed by atoms with Gasteiger partial charge in [-0.25, -0.2) is 9.59 Å². The van der Waals surface area contributed by atoms with Crippen LogP contribution in [0.15, 0.2) is 24.3 Å². The van der Waals surface area contributed by atoms with E-state index in [9.17, 15) is 29.8 Å². The minimum Gasteiger partial charge on any atom is -0.462 e. The number of carbonyl (C=O) groups is 2. The molecule has 26 heavy (non-hydrogen) atoms. The summed E-state index contributed by atoms with van der Waals surface area (Å²) in [5.41, 5.74) is 0.0779. The minimum atomic E-state index is -0.716. The van der Waals surface area contributed by atoms with Crippen LogP contribution in [-0.2, 0) is 9.47 Å². The predicted octanol–water partition coefficient (Wildman–Crippen LogP) is 2.11. The molecule has 1 aromatic rings. The van der Waals surface area contributed by atoms with Crippen molar-refractivity contribution in [2.75, 3.05) is 26.3 Å². The van der Waals surface area contributed by atoms with Crippen LogP contribution in [0.3, 0.4) is 0 Å². The molecular formula is C16H20N2O8. The van der Waals surface area contributed by atoms with Gasteiger partial charge in [-0.05, 0) is 25.0 Å². The Labute approximate surface area is 149 Å². The summed E-state index contributed by atoms with van der Waals surface area (Å²) in [6.45, 7) is -0.373. The molecule has 10 nitrogen and oxygen atoms in total. The van der Waals surface area contributed by atoms with Gasteiger partial charge in [-0.3, -0.25) is 20.2 Å². The predicted molar refractivity (Wildman–Crippen MR) is 89.2 cm³/mol. The first-order valence-electron chi connectivity index (χ1n) is 8.08. The first-order chi connectivity index (χ1) is 12.4. The van der Waals surface area contributed by atoms with Crippen LogP contribution in [0, 0.1) is 20.2 Å². The van der Waals surface area contributed by atoms with E-state index in [4.69, 9.17) is 9.47 Å². The van der Waals surface area contributed by atoms with Gasteiger partial charge >= 0.3 is 11.9 Å².